The molecular weight excluding hydrogens is 492 g/mol. The van der Waals surface area contributed by atoms with E-state index in [1.54, 1.807) is 0 Å². The number of H-pyrrole nitrogens is 1. The van der Waals surface area contributed by atoms with Crippen molar-refractivity contribution < 1.29 is 29.1 Å². The number of unbranched alkanes of at least 4 members (excludes halogenated alkanes) is 1. The molecule has 1 heterocycles. The predicted octanol–water partition coefficient (Wildman–Crippen LogP) is -2.42. The highest BCUT2D eigenvalue weighted by atomic mass is 32.2. The van der Waals surface area contributed by atoms with Gasteiger partial charge >= 0.3 is 5.97 Å². The first-order valence-corrected chi connectivity index (χ1v) is 12.8. The lowest BCUT2D eigenvalue weighted by Gasteiger charge is -2.25. The molecule has 0 radical (unpaired) electrons. The average Bonchev–Trinajstić information content (AvgIpc) is 3.33. The second-order valence-electron chi connectivity index (χ2n) is 8.15. The van der Waals surface area contributed by atoms with Gasteiger partial charge in [-0.25, -0.2) is 9.78 Å². The zero-order valence-corrected chi connectivity index (χ0v) is 21.0. The van der Waals surface area contributed by atoms with E-state index in [1.807, 2.05) is 6.26 Å². The summed E-state index contributed by atoms with van der Waals surface area (Å²) >= 11 is 1.44. The number of nitrogens with zero attached hydrogens (tertiary/aromatic N) is 1. The van der Waals surface area contributed by atoms with Crippen LogP contribution in [0.4, 0.5) is 0 Å². The number of hydrogen-bond donors (Lipinski definition) is 8. The number of carbonyl (C=O) groups excluding carboxylic acids is 4. The van der Waals surface area contributed by atoms with Crippen LogP contribution in [-0.2, 0) is 30.4 Å². The number of carbonyl (C=O) groups is 5. The number of amides is 4. The Morgan fingerprint density at radius 3 is 2.22 bits per heavy atom. The van der Waals surface area contributed by atoms with E-state index in [4.69, 9.17) is 17.2 Å². The third kappa shape index (κ3) is 11.5. The molecular formula is C21H36N8O6S. The highest BCUT2D eigenvalue weighted by Crippen LogP contribution is 2.07. The van der Waals surface area contributed by atoms with E-state index in [2.05, 4.69) is 25.9 Å². The summed E-state index contributed by atoms with van der Waals surface area (Å²) in [4.78, 5) is 68.0. The molecule has 1 aromatic heterocycles. The Balaban J connectivity index is 3.03. The van der Waals surface area contributed by atoms with Gasteiger partial charge in [0, 0.05) is 18.3 Å². The van der Waals surface area contributed by atoms with Crippen LogP contribution in [0.25, 0.3) is 0 Å². The summed E-state index contributed by atoms with van der Waals surface area (Å²) in [6.07, 6.45) is 5.75. The van der Waals surface area contributed by atoms with E-state index in [0.29, 0.717) is 30.8 Å². The minimum absolute atomic E-state index is 0.0104. The summed E-state index contributed by atoms with van der Waals surface area (Å²) < 4.78 is 0. The first kappa shape index (κ1) is 30.9. The fourth-order valence-electron chi connectivity index (χ4n) is 3.21. The van der Waals surface area contributed by atoms with Gasteiger partial charge in [-0.05, 0) is 44.2 Å². The van der Waals surface area contributed by atoms with Crippen LogP contribution in [0.1, 0.15) is 37.8 Å². The Labute approximate surface area is 213 Å². The quantitative estimate of drug-likeness (QED) is 0.0936. The number of aromatic amines is 1. The molecule has 11 N–H and O–H groups in total. The summed E-state index contributed by atoms with van der Waals surface area (Å²) in [6.45, 7) is 0.379. The van der Waals surface area contributed by atoms with Crippen LogP contribution >= 0.6 is 11.8 Å². The molecule has 15 heteroatoms. The summed E-state index contributed by atoms with van der Waals surface area (Å²) in [7, 11) is 0. The Morgan fingerprint density at radius 2 is 1.67 bits per heavy atom. The molecule has 0 saturated heterocycles. The van der Waals surface area contributed by atoms with Gasteiger partial charge in [0.2, 0.25) is 23.6 Å². The zero-order chi connectivity index (χ0) is 27.1. The van der Waals surface area contributed by atoms with Crippen molar-refractivity contribution in [2.45, 2.75) is 62.7 Å². The van der Waals surface area contributed by atoms with Crippen molar-refractivity contribution in [1.82, 2.24) is 25.9 Å². The molecule has 4 atom stereocenters. The second-order valence-corrected chi connectivity index (χ2v) is 9.13. The zero-order valence-electron chi connectivity index (χ0n) is 20.2. The molecule has 14 nitrogen and oxygen atoms in total. The van der Waals surface area contributed by atoms with Crippen LogP contribution in [0.2, 0.25) is 0 Å². The van der Waals surface area contributed by atoms with Crippen LogP contribution < -0.4 is 33.2 Å². The van der Waals surface area contributed by atoms with Crippen LogP contribution in [0.3, 0.4) is 0 Å². The van der Waals surface area contributed by atoms with Crippen molar-refractivity contribution in [3.8, 4) is 0 Å². The molecule has 0 fully saturated rings. The lowest BCUT2D eigenvalue weighted by atomic mass is 10.0. The van der Waals surface area contributed by atoms with Crippen molar-refractivity contribution in [2.24, 2.45) is 17.2 Å². The number of nitrogens with two attached hydrogens (primary N) is 3. The van der Waals surface area contributed by atoms with Gasteiger partial charge in [0.1, 0.15) is 18.1 Å². The van der Waals surface area contributed by atoms with Gasteiger partial charge in [0.25, 0.3) is 0 Å². The Kier molecular flexibility index (Phi) is 14.1. The molecule has 0 aliphatic heterocycles. The molecule has 0 aromatic carbocycles. The minimum atomic E-state index is -1.27. The maximum atomic E-state index is 13.2. The van der Waals surface area contributed by atoms with E-state index in [-0.39, 0.29) is 19.3 Å². The van der Waals surface area contributed by atoms with Gasteiger partial charge in [-0.2, -0.15) is 11.8 Å². The van der Waals surface area contributed by atoms with E-state index in [9.17, 15) is 29.1 Å². The number of carboxylic acid groups (broad SMARTS) is 1. The average molecular weight is 529 g/mol. The van der Waals surface area contributed by atoms with Crippen molar-refractivity contribution in [3.63, 3.8) is 0 Å². The molecule has 0 bridgehead atoms. The molecule has 1 rings (SSSR count). The van der Waals surface area contributed by atoms with Gasteiger partial charge in [-0.3, -0.25) is 19.2 Å². The number of primary amides is 1. The smallest absolute Gasteiger partial charge is 0.326 e. The number of carboxylic acids is 1. The number of nitrogens with one attached hydrogen (secondary N) is 4. The van der Waals surface area contributed by atoms with Crippen molar-refractivity contribution in [3.05, 3.63) is 18.2 Å². The second kappa shape index (κ2) is 16.5. The fourth-order valence-corrected chi connectivity index (χ4v) is 3.68. The number of hydrogen-bond acceptors (Lipinski definition) is 9. The summed E-state index contributed by atoms with van der Waals surface area (Å²) in [5.41, 5.74) is 16.8. The third-order valence-electron chi connectivity index (χ3n) is 5.17. The fraction of sp³-hybridized carbons (Fsp3) is 0.619. The molecule has 4 amide bonds. The molecule has 0 aliphatic carbocycles. The minimum Gasteiger partial charge on any atom is -0.480 e. The number of aliphatic carboxylic acids is 1. The van der Waals surface area contributed by atoms with Crippen LogP contribution in [0.15, 0.2) is 12.5 Å². The molecule has 0 aliphatic rings. The van der Waals surface area contributed by atoms with Crippen molar-refractivity contribution in [2.75, 3.05) is 18.6 Å². The number of rotatable bonds is 18. The lowest BCUT2D eigenvalue weighted by molar-refractivity contribution is -0.142. The number of imidazole rings is 1. The topological polar surface area (TPSA) is 248 Å². The largest absolute Gasteiger partial charge is 0.480 e. The van der Waals surface area contributed by atoms with Crippen molar-refractivity contribution in [1.29, 1.82) is 0 Å². The normalized spacial score (nSPS) is 14.2. The first-order chi connectivity index (χ1) is 17.1. The van der Waals surface area contributed by atoms with E-state index >= 15 is 0 Å². The van der Waals surface area contributed by atoms with Gasteiger partial charge in [-0.15, -0.1) is 0 Å². The van der Waals surface area contributed by atoms with Crippen LogP contribution in [0, 0.1) is 0 Å². The highest BCUT2D eigenvalue weighted by molar-refractivity contribution is 7.98. The number of aromatic nitrogens is 2. The molecule has 4 unspecified atom stereocenters. The summed E-state index contributed by atoms with van der Waals surface area (Å²) in [6, 6.07) is -4.63. The predicted molar refractivity (Wildman–Crippen MR) is 133 cm³/mol. The van der Waals surface area contributed by atoms with Gasteiger partial charge in [0.15, 0.2) is 0 Å². The SMILES string of the molecule is CSCCC(NC(=O)C(CCCCN)NC(=O)C(Cc1cnc[nH]1)NC(=O)C(N)CC(N)=O)C(=O)O. The van der Waals surface area contributed by atoms with E-state index in [0.717, 1.165) is 0 Å². The summed E-state index contributed by atoms with van der Waals surface area (Å²) in [5, 5.41) is 17.0. The molecule has 0 spiro atoms. The highest BCUT2D eigenvalue weighted by Gasteiger charge is 2.30. The maximum absolute atomic E-state index is 13.2. The van der Waals surface area contributed by atoms with Gasteiger partial charge in [-0.1, -0.05) is 0 Å². The Morgan fingerprint density at radius 1 is 1.03 bits per heavy atom. The molecule has 0 saturated carbocycles. The van der Waals surface area contributed by atoms with Crippen LogP contribution in [-0.4, -0.2) is 87.4 Å². The third-order valence-corrected chi connectivity index (χ3v) is 5.82. The first-order valence-electron chi connectivity index (χ1n) is 11.4. The lowest BCUT2D eigenvalue weighted by Crippen LogP contribution is -2.57. The van der Waals surface area contributed by atoms with Gasteiger partial charge < -0.3 is 43.2 Å². The molecule has 202 valence electrons. The maximum Gasteiger partial charge on any atom is 0.326 e. The number of thioether (sulfide) groups is 1. The molecule has 36 heavy (non-hydrogen) atoms. The van der Waals surface area contributed by atoms with E-state index in [1.165, 1.54) is 24.3 Å². The molecule has 1 aromatic rings. The Bertz CT molecular complexity index is 869. The monoisotopic (exact) mass is 528 g/mol. The van der Waals surface area contributed by atoms with Gasteiger partial charge in [0.05, 0.1) is 18.8 Å². The van der Waals surface area contributed by atoms with E-state index < -0.39 is 60.2 Å². The van der Waals surface area contributed by atoms with Crippen molar-refractivity contribution >= 4 is 41.4 Å². The Hall–Kier alpha value is -3.17. The van der Waals surface area contributed by atoms with Crippen LogP contribution in [0.5, 0.6) is 0 Å². The standard InChI is InChI=1S/C21H36N8O6S/c1-36-7-5-15(21(34)35)28-19(32)14(4-2-3-6-22)27-20(33)16(8-12-10-25-11-26-12)29-18(31)13(23)9-17(24)30/h10-11,13-16H,2-9,22-23H2,1H3,(H2,24,30)(H,25,26)(H,27,33)(H,28,32)(H,29,31)(H,34,35). The summed E-state index contributed by atoms with van der Waals surface area (Å²) in [5.74, 6) is -3.58.